The maximum absolute atomic E-state index is 12.3. The van der Waals surface area contributed by atoms with E-state index in [2.05, 4.69) is 5.32 Å². The molecule has 27 heavy (non-hydrogen) atoms. The van der Waals surface area contributed by atoms with Crippen LogP contribution < -0.4 is 5.32 Å². The molecule has 0 fully saturated rings. The zero-order valence-corrected chi connectivity index (χ0v) is 15.7. The molecule has 0 saturated heterocycles. The number of nitrogens with one attached hydrogen (secondary N) is 1. The number of ketones is 1. The number of carbonyl (C=O) groups excluding carboxylic acids is 3. The summed E-state index contributed by atoms with van der Waals surface area (Å²) in [6, 6.07) is 7.27. The number of anilines is 1. The molecule has 0 aliphatic carbocycles. The molecule has 0 radical (unpaired) electrons. The molecular formula is C18H18F2N2O4S. The van der Waals surface area contributed by atoms with Crippen molar-refractivity contribution in [2.75, 3.05) is 5.32 Å². The SMILES string of the molecule is CC(=O)c1cc(C(=O)O[C@H](C)C(=O)Nc2ccc(SC(F)F)cc2)n(C)c1. The Labute approximate surface area is 158 Å². The number of halogens is 2. The maximum atomic E-state index is 12.3. The second-order valence-electron chi connectivity index (χ2n) is 5.72. The molecule has 9 heteroatoms. The largest absolute Gasteiger partial charge is 0.448 e. The minimum Gasteiger partial charge on any atom is -0.448 e. The van der Waals surface area contributed by atoms with E-state index in [4.69, 9.17) is 4.74 Å². The summed E-state index contributed by atoms with van der Waals surface area (Å²) in [5.41, 5.74) is 0.899. The van der Waals surface area contributed by atoms with Gasteiger partial charge in [-0.15, -0.1) is 0 Å². The monoisotopic (exact) mass is 396 g/mol. The topological polar surface area (TPSA) is 77.4 Å². The van der Waals surface area contributed by atoms with Gasteiger partial charge in [-0.3, -0.25) is 9.59 Å². The van der Waals surface area contributed by atoms with Crippen molar-refractivity contribution >= 4 is 35.1 Å². The fourth-order valence-corrected chi connectivity index (χ4v) is 2.70. The van der Waals surface area contributed by atoms with Gasteiger partial charge in [0.25, 0.3) is 11.7 Å². The Hall–Kier alpha value is -2.68. The molecular weight excluding hydrogens is 378 g/mol. The molecule has 6 nitrogen and oxygen atoms in total. The molecule has 0 saturated carbocycles. The lowest BCUT2D eigenvalue weighted by Gasteiger charge is -2.14. The van der Waals surface area contributed by atoms with Crippen LogP contribution in [0.1, 0.15) is 34.7 Å². The van der Waals surface area contributed by atoms with Crippen LogP contribution in [0.4, 0.5) is 14.5 Å². The van der Waals surface area contributed by atoms with E-state index in [0.29, 0.717) is 27.9 Å². The van der Waals surface area contributed by atoms with Crippen LogP contribution in [-0.2, 0) is 16.6 Å². The Kier molecular flexibility index (Phi) is 6.73. The molecule has 1 amide bonds. The number of thioether (sulfide) groups is 1. The molecule has 1 N–H and O–H groups in total. The van der Waals surface area contributed by atoms with E-state index in [1.54, 1.807) is 7.05 Å². The number of Topliss-reactive ketones (excluding diaryl/α,β-unsaturated/α-hetero) is 1. The second-order valence-corrected chi connectivity index (χ2v) is 6.78. The van der Waals surface area contributed by atoms with Gasteiger partial charge in [0, 0.05) is 29.4 Å². The van der Waals surface area contributed by atoms with Crippen molar-refractivity contribution in [3.05, 3.63) is 47.8 Å². The van der Waals surface area contributed by atoms with Gasteiger partial charge in [0.1, 0.15) is 5.69 Å². The van der Waals surface area contributed by atoms with E-state index >= 15 is 0 Å². The Bertz CT molecular complexity index is 850. The van der Waals surface area contributed by atoms with Gasteiger partial charge in [-0.25, -0.2) is 4.79 Å². The summed E-state index contributed by atoms with van der Waals surface area (Å²) >= 11 is 0.402. The van der Waals surface area contributed by atoms with Gasteiger partial charge in [0.2, 0.25) is 0 Å². The van der Waals surface area contributed by atoms with E-state index in [1.165, 1.54) is 54.9 Å². The van der Waals surface area contributed by atoms with E-state index in [0.717, 1.165) is 0 Å². The second kappa shape index (κ2) is 8.81. The van der Waals surface area contributed by atoms with E-state index in [-0.39, 0.29) is 11.5 Å². The van der Waals surface area contributed by atoms with Crippen LogP contribution in [0.3, 0.4) is 0 Å². The number of nitrogens with zero attached hydrogens (tertiary/aromatic N) is 1. The predicted molar refractivity (Wildman–Crippen MR) is 97.2 cm³/mol. The molecule has 2 aromatic rings. The highest BCUT2D eigenvalue weighted by atomic mass is 32.2. The summed E-state index contributed by atoms with van der Waals surface area (Å²) in [6.07, 6.45) is 0.408. The lowest BCUT2D eigenvalue weighted by molar-refractivity contribution is -0.123. The van der Waals surface area contributed by atoms with Gasteiger partial charge in [-0.2, -0.15) is 8.78 Å². The maximum Gasteiger partial charge on any atom is 0.355 e. The number of ether oxygens (including phenoxy) is 1. The molecule has 0 unspecified atom stereocenters. The number of esters is 1. The van der Waals surface area contributed by atoms with Crippen molar-refractivity contribution in [2.45, 2.75) is 30.6 Å². The van der Waals surface area contributed by atoms with Crippen molar-refractivity contribution < 1.29 is 27.9 Å². The van der Waals surface area contributed by atoms with Crippen LogP contribution >= 0.6 is 11.8 Å². The minimum absolute atomic E-state index is 0.147. The standard InChI is InChI=1S/C18H18F2N2O4S/c1-10(23)12-8-15(22(3)9-12)17(25)26-11(2)16(24)21-13-4-6-14(7-5-13)27-18(19)20/h4-9,11,18H,1-3H3,(H,21,24)/t11-/m1/s1. The third kappa shape index (κ3) is 5.65. The Balaban J connectivity index is 1.97. The Morgan fingerprint density at radius 2 is 1.81 bits per heavy atom. The van der Waals surface area contributed by atoms with Gasteiger partial charge in [-0.1, -0.05) is 11.8 Å². The van der Waals surface area contributed by atoms with Gasteiger partial charge < -0.3 is 14.6 Å². The highest BCUT2D eigenvalue weighted by Crippen LogP contribution is 2.26. The van der Waals surface area contributed by atoms with Crippen LogP contribution in [0.5, 0.6) is 0 Å². The number of carbonyl (C=O) groups is 3. The summed E-state index contributed by atoms with van der Waals surface area (Å²) in [6.45, 7) is 2.79. The molecule has 0 spiro atoms. The normalized spacial score (nSPS) is 11.9. The average Bonchev–Trinajstić information content (AvgIpc) is 2.98. The molecule has 1 aromatic heterocycles. The molecule has 0 aliphatic heterocycles. The van der Waals surface area contributed by atoms with E-state index in [9.17, 15) is 23.2 Å². The van der Waals surface area contributed by atoms with Crippen LogP contribution in [0, 0.1) is 0 Å². The molecule has 1 aromatic carbocycles. The highest BCUT2D eigenvalue weighted by Gasteiger charge is 2.22. The quantitative estimate of drug-likeness (QED) is 0.438. The number of aryl methyl sites for hydroxylation is 1. The van der Waals surface area contributed by atoms with Crippen LogP contribution in [0.15, 0.2) is 41.4 Å². The first-order chi connectivity index (χ1) is 12.7. The third-order valence-corrected chi connectivity index (χ3v) is 4.34. The fraction of sp³-hybridized carbons (Fsp3) is 0.278. The highest BCUT2D eigenvalue weighted by molar-refractivity contribution is 7.99. The third-order valence-electron chi connectivity index (χ3n) is 3.62. The summed E-state index contributed by atoms with van der Waals surface area (Å²) in [5.74, 6) is -4.02. The van der Waals surface area contributed by atoms with Gasteiger partial charge >= 0.3 is 5.97 Å². The van der Waals surface area contributed by atoms with Crippen LogP contribution in [0.2, 0.25) is 0 Å². The molecule has 1 atom stereocenters. The van der Waals surface area contributed by atoms with E-state index in [1.807, 2.05) is 0 Å². The first-order valence-electron chi connectivity index (χ1n) is 7.91. The van der Waals surface area contributed by atoms with Crippen LogP contribution in [-0.4, -0.2) is 34.1 Å². The van der Waals surface area contributed by atoms with Crippen molar-refractivity contribution in [3.8, 4) is 0 Å². The number of benzene rings is 1. The molecule has 0 aliphatic rings. The minimum atomic E-state index is -2.52. The van der Waals surface area contributed by atoms with Crippen molar-refractivity contribution in [1.82, 2.24) is 4.57 Å². The molecule has 144 valence electrons. The average molecular weight is 396 g/mol. The van der Waals surface area contributed by atoms with Crippen molar-refractivity contribution in [3.63, 3.8) is 0 Å². The number of amides is 1. The summed E-state index contributed by atoms with van der Waals surface area (Å²) < 4.78 is 31.2. The van der Waals surface area contributed by atoms with Crippen molar-refractivity contribution in [1.29, 1.82) is 0 Å². The van der Waals surface area contributed by atoms with Crippen molar-refractivity contribution in [2.24, 2.45) is 7.05 Å². The Morgan fingerprint density at radius 1 is 1.19 bits per heavy atom. The van der Waals surface area contributed by atoms with Gasteiger partial charge in [0.05, 0.1) is 0 Å². The first-order valence-corrected chi connectivity index (χ1v) is 8.79. The zero-order chi connectivity index (χ0) is 20.1. The Morgan fingerprint density at radius 3 is 2.33 bits per heavy atom. The predicted octanol–water partition coefficient (Wildman–Crippen LogP) is 3.73. The van der Waals surface area contributed by atoms with Crippen LogP contribution in [0.25, 0.3) is 0 Å². The molecule has 0 bridgehead atoms. The fourth-order valence-electron chi connectivity index (χ4n) is 2.20. The number of alkyl halides is 2. The smallest absolute Gasteiger partial charge is 0.355 e. The van der Waals surface area contributed by atoms with Gasteiger partial charge in [-0.05, 0) is 44.2 Å². The molecule has 2 rings (SSSR count). The lowest BCUT2D eigenvalue weighted by atomic mass is 10.2. The van der Waals surface area contributed by atoms with E-state index < -0.39 is 23.7 Å². The first kappa shape index (κ1) is 20.6. The summed E-state index contributed by atoms with van der Waals surface area (Å²) in [5, 5.41) is 2.54. The molecule has 1 heterocycles. The van der Waals surface area contributed by atoms with Gasteiger partial charge in [0.15, 0.2) is 11.9 Å². The summed E-state index contributed by atoms with van der Waals surface area (Å²) in [4.78, 5) is 36.1. The number of hydrogen-bond acceptors (Lipinski definition) is 5. The lowest BCUT2D eigenvalue weighted by Crippen LogP contribution is -2.30. The summed E-state index contributed by atoms with van der Waals surface area (Å²) in [7, 11) is 1.59. The number of hydrogen-bond donors (Lipinski definition) is 1. The zero-order valence-electron chi connectivity index (χ0n) is 14.9. The number of aromatic nitrogens is 1. The number of rotatable bonds is 7.